The number of carbonyl (C=O) groups is 1. The van der Waals surface area contributed by atoms with Crippen LogP contribution in [0, 0.1) is 0 Å². The maximum atomic E-state index is 12.7. The van der Waals surface area contributed by atoms with E-state index in [1.165, 1.54) is 11.8 Å². The van der Waals surface area contributed by atoms with Crippen LogP contribution in [0.2, 0.25) is 5.02 Å². The fourth-order valence-corrected chi connectivity index (χ4v) is 3.94. The summed E-state index contributed by atoms with van der Waals surface area (Å²) in [5, 5.41) is 4.49. The summed E-state index contributed by atoms with van der Waals surface area (Å²) >= 11 is 7.29. The molecule has 1 aromatic heterocycles. The number of hydrogen-bond acceptors (Lipinski definition) is 5. The standard InChI is InChI=1S/C18H22ClN3O3S/c1-2-7-22-17(24)14-6-5-12(19)9-15(14)21-18(22)26-11-16(23)20-10-13-4-3-8-25-13/h5-6,9,13H,2-4,7-8,10-11H2,1H3,(H,20,23)/t13-/m0/s1. The highest BCUT2D eigenvalue weighted by atomic mass is 35.5. The molecule has 0 bridgehead atoms. The van der Waals surface area contributed by atoms with Gasteiger partial charge in [0, 0.05) is 24.7 Å². The third-order valence-electron chi connectivity index (χ3n) is 4.21. The Labute approximate surface area is 161 Å². The van der Waals surface area contributed by atoms with Crippen molar-refractivity contribution in [2.75, 3.05) is 18.9 Å². The van der Waals surface area contributed by atoms with E-state index in [1.54, 1.807) is 22.8 Å². The van der Waals surface area contributed by atoms with E-state index >= 15 is 0 Å². The van der Waals surface area contributed by atoms with E-state index < -0.39 is 0 Å². The van der Waals surface area contributed by atoms with Crippen LogP contribution in [-0.4, -0.2) is 40.5 Å². The van der Waals surface area contributed by atoms with Gasteiger partial charge in [-0.25, -0.2) is 4.98 Å². The largest absolute Gasteiger partial charge is 0.376 e. The molecule has 1 aromatic carbocycles. The summed E-state index contributed by atoms with van der Waals surface area (Å²) in [6.45, 7) is 3.86. The zero-order chi connectivity index (χ0) is 18.5. The summed E-state index contributed by atoms with van der Waals surface area (Å²) in [6, 6.07) is 5.06. The molecule has 1 N–H and O–H groups in total. The van der Waals surface area contributed by atoms with E-state index in [0.717, 1.165) is 25.9 Å². The van der Waals surface area contributed by atoms with Gasteiger partial charge in [0.15, 0.2) is 5.16 Å². The van der Waals surface area contributed by atoms with E-state index in [2.05, 4.69) is 10.3 Å². The molecule has 26 heavy (non-hydrogen) atoms. The molecule has 1 saturated heterocycles. The Bertz CT molecular complexity index is 849. The maximum absolute atomic E-state index is 12.7. The molecule has 0 saturated carbocycles. The number of aromatic nitrogens is 2. The topological polar surface area (TPSA) is 73.2 Å². The van der Waals surface area contributed by atoms with Gasteiger partial charge >= 0.3 is 0 Å². The fraction of sp³-hybridized carbons (Fsp3) is 0.500. The Morgan fingerprint density at radius 2 is 2.35 bits per heavy atom. The van der Waals surface area contributed by atoms with Gasteiger partial charge in [0.2, 0.25) is 5.91 Å². The van der Waals surface area contributed by atoms with Crippen LogP contribution in [0.3, 0.4) is 0 Å². The molecule has 0 spiro atoms. The Hall–Kier alpha value is -1.57. The van der Waals surface area contributed by atoms with Gasteiger partial charge in [0.05, 0.1) is 22.8 Å². The number of hydrogen-bond donors (Lipinski definition) is 1. The van der Waals surface area contributed by atoms with E-state index in [9.17, 15) is 9.59 Å². The summed E-state index contributed by atoms with van der Waals surface area (Å²) in [5.74, 6) is 0.114. The van der Waals surface area contributed by atoms with Crippen LogP contribution >= 0.6 is 23.4 Å². The minimum Gasteiger partial charge on any atom is -0.376 e. The van der Waals surface area contributed by atoms with Crippen molar-refractivity contribution in [2.24, 2.45) is 0 Å². The Balaban J connectivity index is 1.73. The molecule has 1 aliphatic rings. The summed E-state index contributed by atoms with van der Waals surface area (Å²) in [4.78, 5) is 29.4. The second-order valence-electron chi connectivity index (χ2n) is 6.24. The third-order valence-corrected chi connectivity index (χ3v) is 5.42. The van der Waals surface area contributed by atoms with Crippen molar-refractivity contribution >= 4 is 40.2 Å². The van der Waals surface area contributed by atoms with Crippen LogP contribution in [-0.2, 0) is 16.1 Å². The number of ether oxygens (including phenoxy) is 1. The lowest BCUT2D eigenvalue weighted by Crippen LogP contribution is -2.33. The summed E-state index contributed by atoms with van der Waals surface area (Å²) in [6.07, 6.45) is 2.95. The second-order valence-corrected chi connectivity index (χ2v) is 7.62. The first kappa shape index (κ1) is 19.2. The number of halogens is 1. The number of rotatable bonds is 7. The van der Waals surface area contributed by atoms with Crippen LogP contribution in [0.15, 0.2) is 28.2 Å². The Kier molecular flexibility index (Phi) is 6.56. The normalized spacial score (nSPS) is 16.9. The summed E-state index contributed by atoms with van der Waals surface area (Å²) in [7, 11) is 0. The van der Waals surface area contributed by atoms with Crippen molar-refractivity contribution < 1.29 is 9.53 Å². The zero-order valence-electron chi connectivity index (χ0n) is 14.7. The molecule has 2 aromatic rings. The van der Waals surface area contributed by atoms with Crippen molar-refractivity contribution in [3.63, 3.8) is 0 Å². The average Bonchev–Trinajstić information content (AvgIpc) is 3.14. The number of amides is 1. The lowest BCUT2D eigenvalue weighted by molar-refractivity contribution is -0.119. The third kappa shape index (κ3) is 4.58. The molecule has 6 nitrogen and oxygen atoms in total. The van der Waals surface area contributed by atoms with Gasteiger partial charge in [-0.2, -0.15) is 0 Å². The molecule has 3 rings (SSSR count). The Morgan fingerprint density at radius 1 is 1.50 bits per heavy atom. The van der Waals surface area contributed by atoms with Crippen LogP contribution < -0.4 is 10.9 Å². The summed E-state index contributed by atoms with van der Waals surface area (Å²) < 4.78 is 7.13. The van der Waals surface area contributed by atoms with Crippen LogP contribution in [0.1, 0.15) is 26.2 Å². The van der Waals surface area contributed by atoms with Crippen molar-refractivity contribution in [1.29, 1.82) is 0 Å². The van der Waals surface area contributed by atoms with Crippen molar-refractivity contribution in [2.45, 2.75) is 44.0 Å². The van der Waals surface area contributed by atoms with Gasteiger partial charge in [0.25, 0.3) is 5.56 Å². The first-order chi connectivity index (χ1) is 12.6. The number of fused-ring (bicyclic) bond motifs is 1. The molecule has 0 radical (unpaired) electrons. The number of benzene rings is 1. The summed E-state index contributed by atoms with van der Waals surface area (Å²) in [5.41, 5.74) is 0.452. The predicted molar refractivity (Wildman–Crippen MR) is 104 cm³/mol. The van der Waals surface area contributed by atoms with Crippen LogP contribution in [0.5, 0.6) is 0 Å². The monoisotopic (exact) mass is 395 g/mol. The van der Waals surface area contributed by atoms with Gasteiger partial charge in [0.1, 0.15) is 0 Å². The molecule has 1 amide bonds. The SMILES string of the molecule is CCCn1c(SCC(=O)NC[C@@H]2CCCO2)nc2cc(Cl)ccc2c1=O. The van der Waals surface area contributed by atoms with E-state index in [1.807, 2.05) is 6.92 Å². The van der Waals surface area contributed by atoms with Gasteiger partial charge in [-0.3, -0.25) is 14.2 Å². The molecule has 1 fully saturated rings. The lowest BCUT2D eigenvalue weighted by atomic mass is 10.2. The van der Waals surface area contributed by atoms with Gasteiger partial charge in [-0.05, 0) is 37.5 Å². The lowest BCUT2D eigenvalue weighted by Gasteiger charge is -2.13. The van der Waals surface area contributed by atoms with Crippen molar-refractivity contribution in [3.8, 4) is 0 Å². The minimum atomic E-state index is -0.101. The number of nitrogens with one attached hydrogen (secondary N) is 1. The highest BCUT2D eigenvalue weighted by Crippen LogP contribution is 2.20. The number of thioether (sulfide) groups is 1. The zero-order valence-corrected chi connectivity index (χ0v) is 16.2. The molecule has 0 unspecified atom stereocenters. The predicted octanol–water partition coefficient (Wildman–Crippen LogP) is 2.85. The van der Waals surface area contributed by atoms with Crippen LogP contribution in [0.25, 0.3) is 10.9 Å². The molecular formula is C18H22ClN3O3S. The molecule has 8 heteroatoms. The smallest absolute Gasteiger partial charge is 0.262 e. The molecule has 0 aliphatic carbocycles. The van der Waals surface area contributed by atoms with Crippen molar-refractivity contribution in [3.05, 3.63) is 33.6 Å². The highest BCUT2D eigenvalue weighted by molar-refractivity contribution is 7.99. The van der Waals surface area contributed by atoms with Gasteiger partial charge in [-0.15, -0.1) is 0 Å². The molecule has 1 atom stereocenters. The Morgan fingerprint density at radius 3 is 3.08 bits per heavy atom. The van der Waals surface area contributed by atoms with E-state index in [-0.39, 0.29) is 23.3 Å². The molecule has 140 valence electrons. The van der Waals surface area contributed by atoms with E-state index in [4.69, 9.17) is 16.3 Å². The van der Waals surface area contributed by atoms with Crippen molar-refractivity contribution in [1.82, 2.24) is 14.9 Å². The van der Waals surface area contributed by atoms with Crippen LogP contribution in [0.4, 0.5) is 0 Å². The fourth-order valence-electron chi connectivity index (χ4n) is 2.92. The number of nitrogens with zero attached hydrogens (tertiary/aromatic N) is 2. The second kappa shape index (κ2) is 8.88. The number of carbonyl (C=O) groups excluding carboxylic acids is 1. The highest BCUT2D eigenvalue weighted by Gasteiger charge is 2.17. The van der Waals surface area contributed by atoms with Gasteiger partial charge in [-0.1, -0.05) is 30.3 Å². The van der Waals surface area contributed by atoms with E-state index in [0.29, 0.717) is 34.2 Å². The van der Waals surface area contributed by atoms with Gasteiger partial charge < -0.3 is 10.1 Å². The maximum Gasteiger partial charge on any atom is 0.262 e. The molecule has 2 heterocycles. The first-order valence-corrected chi connectivity index (χ1v) is 10.2. The molecule has 1 aliphatic heterocycles. The quantitative estimate of drug-likeness (QED) is 0.576. The minimum absolute atomic E-state index is 0.0889. The average molecular weight is 396 g/mol. The first-order valence-electron chi connectivity index (χ1n) is 8.79. The molecular weight excluding hydrogens is 374 g/mol.